The van der Waals surface area contributed by atoms with Crippen molar-refractivity contribution in [1.82, 2.24) is 5.32 Å². The van der Waals surface area contributed by atoms with E-state index in [1.54, 1.807) is 7.11 Å². The van der Waals surface area contributed by atoms with E-state index in [0.717, 1.165) is 25.3 Å². The smallest absolute Gasteiger partial charge is 0.137 e. The molecule has 0 amide bonds. The molecule has 1 aromatic carbocycles. The Labute approximate surface area is 114 Å². The molecule has 1 aromatic rings. The van der Waals surface area contributed by atoms with Gasteiger partial charge in [-0.05, 0) is 50.0 Å². The van der Waals surface area contributed by atoms with Crippen LogP contribution in [0.5, 0.6) is 5.75 Å². The highest BCUT2D eigenvalue weighted by atomic mass is 35.5. The number of hydrogen-bond donors (Lipinski definition) is 1. The van der Waals surface area contributed by atoms with E-state index in [0.29, 0.717) is 10.9 Å². The molecule has 18 heavy (non-hydrogen) atoms. The zero-order valence-corrected chi connectivity index (χ0v) is 12.0. The Hall–Kier alpha value is -0.930. The lowest BCUT2D eigenvalue weighted by Gasteiger charge is -2.33. The number of methoxy groups -OCH3 is 1. The third kappa shape index (κ3) is 2.57. The highest BCUT2D eigenvalue weighted by Gasteiger charge is 2.24. The fourth-order valence-electron chi connectivity index (χ4n) is 2.62. The summed E-state index contributed by atoms with van der Waals surface area (Å²) in [7, 11) is 5.79. The van der Waals surface area contributed by atoms with Crippen molar-refractivity contribution >= 4 is 17.3 Å². The van der Waals surface area contributed by atoms with E-state index >= 15 is 0 Å². The minimum absolute atomic E-state index is 0.592. The first kappa shape index (κ1) is 13.5. The molecule has 0 aromatic heterocycles. The van der Waals surface area contributed by atoms with Gasteiger partial charge in [0.05, 0.1) is 12.1 Å². The van der Waals surface area contributed by atoms with Crippen LogP contribution in [0.3, 0.4) is 0 Å². The minimum Gasteiger partial charge on any atom is -0.495 e. The summed E-state index contributed by atoms with van der Waals surface area (Å²) in [5, 5.41) is 3.92. The maximum absolute atomic E-state index is 6.21. The maximum atomic E-state index is 6.21. The Balaban J connectivity index is 2.36. The van der Waals surface area contributed by atoms with Gasteiger partial charge in [0.15, 0.2) is 0 Å². The molecular weight excluding hydrogens is 248 g/mol. The van der Waals surface area contributed by atoms with Crippen LogP contribution in [0.25, 0.3) is 0 Å². The van der Waals surface area contributed by atoms with Gasteiger partial charge in [0.2, 0.25) is 0 Å². The van der Waals surface area contributed by atoms with Gasteiger partial charge in [-0.3, -0.25) is 0 Å². The van der Waals surface area contributed by atoms with Gasteiger partial charge >= 0.3 is 0 Å². The lowest BCUT2D eigenvalue weighted by Crippen LogP contribution is -2.28. The van der Waals surface area contributed by atoms with Crippen LogP contribution in [0.1, 0.15) is 24.3 Å². The number of anilines is 1. The van der Waals surface area contributed by atoms with Crippen molar-refractivity contribution in [3.8, 4) is 5.75 Å². The van der Waals surface area contributed by atoms with Crippen LogP contribution in [-0.2, 0) is 0 Å². The van der Waals surface area contributed by atoms with Gasteiger partial charge in [-0.25, -0.2) is 0 Å². The van der Waals surface area contributed by atoms with E-state index in [9.17, 15) is 0 Å². The number of ether oxygens (including phenoxy) is 1. The number of benzene rings is 1. The van der Waals surface area contributed by atoms with Crippen LogP contribution in [0.15, 0.2) is 12.1 Å². The summed E-state index contributed by atoms with van der Waals surface area (Å²) in [4.78, 5) is 2.27. The first-order chi connectivity index (χ1) is 8.67. The molecule has 0 fully saturated rings. The van der Waals surface area contributed by atoms with E-state index in [1.165, 1.54) is 17.7 Å². The second kappa shape index (κ2) is 5.81. The number of hydrogen-bond acceptors (Lipinski definition) is 3. The Morgan fingerprint density at radius 1 is 1.50 bits per heavy atom. The van der Waals surface area contributed by atoms with Crippen molar-refractivity contribution in [2.24, 2.45) is 0 Å². The molecule has 3 nitrogen and oxygen atoms in total. The second-order valence-electron chi connectivity index (χ2n) is 4.84. The van der Waals surface area contributed by atoms with Crippen molar-refractivity contribution in [3.05, 3.63) is 22.7 Å². The van der Waals surface area contributed by atoms with E-state index in [4.69, 9.17) is 16.3 Å². The summed E-state index contributed by atoms with van der Waals surface area (Å²) in [6.45, 7) is 2.13. The number of nitrogens with one attached hydrogen (secondary N) is 1. The molecule has 0 saturated carbocycles. The molecule has 1 heterocycles. The summed E-state index contributed by atoms with van der Waals surface area (Å²) < 4.78 is 5.33. The van der Waals surface area contributed by atoms with Crippen molar-refractivity contribution < 1.29 is 4.74 Å². The zero-order chi connectivity index (χ0) is 13.1. The molecule has 4 heteroatoms. The Morgan fingerprint density at radius 2 is 2.28 bits per heavy atom. The molecule has 1 aliphatic heterocycles. The predicted molar refractivity (Wildman–Crippen MR) is 77.2 cm³/mol. The lowest BCUT2D eigenvalue weighted by atomic mass is 9.87. The van der Waals surface area contributed by atoms with Crippen LogP contribution in [0.2, 0.25) is 5.02 Å². The maximum Gasteiger partial charge on any atom is 0.137 e. The molecule has 0 aliphatic carbocycles. The van der Waals surface area contributed by atoms with Crippen molar-refractivity contribution in [2.45, 2.75) is 18.8 Å². The summed E-state index contributed by atoms with van der Waals surface area (Å²) in [6.07, 6.45) is 2.35. The summed E-state index contributed by atoms with van der Waals surface area (Å²) >= 11 is 6.21. The van der Waals surface area contributed by atoms with Crippen molar-refractivity contribution in [1.29, 1.82) is 0 Å². The van der Waals surface area contributed by atoms with Gasteiger partial charge in [-0.15, -0.1) is 0 Å². The van der Waals surface area contributed by atoms with E-state index in [-0.39, 0.29) is 0 Å². The number of nitrogens with zero attached hydrogens (tertiary/aromatic N) is 1. The van der Waals surface area contributed by atoms with Crippen LogP contribution >= 0.6 is 11.6 Å². The van der Waals surface area contributed by atoms with Gasteiger partial charge in [-0.1, -0.05) is 11.6 Å². The SMILES string of the molecule is CNCCC1CCN(C)c2cc(Cl)c(OC)cc21. The Kier molecular flexibility index (Phi) is 4.36. The molecule has 0 radical (unpaired) electrons. The third-order valence-corrected chi connectivity index (χ3v) is 4.00. The molecule has 1 atom stereocenters. The molecule has 0 bridgehead atoms. The lowest BCUT2D eigenvalue weighted by molar-refractivity contribution is 0.413. The second-order valence-corrected chi connectivity index (χ2v) is 5.25. The van der Waals surface area contributed by atoms with Crippen LogP contribution in [0.4, 0.5) is 5.69 Å². The van der Waals surface area contributed by atoms with Gasteiger partial charge in [-0.2, -0.15) is 0 Å². The van der Waals surface area contributed by atoms with Gasteiger partial charge < -0.3 is 15.0 Å². The first-order valence-electron chi connectivity index (χ1n) is 6.40. The molecule has 1 unspecified atom stereocenters. The van der Waals surface area contributed by atoms with Gasteiger partial charge in [0.25, 0.3) is 0 Å². The van der Waals surface area contributed by atoms with E-state index < -0.39 is 0 Å². The van der Waals surface area contributed by atoms with E-state index in [2.05, 4.69) is 23.3 Å². The number of rotatable bonds is 4. The highest BCUT2D eigenvalue weighted by Crippen LogP contribution is 2.41. The summed E-state index contributed by atoms with van der Waals surface area (Å²) in [5.74, 6) is 1.37. The summed E-state index contributed by atoms with van der Waals surface area (Å²) in [5.41, 5.74) is 2.61. The molecule has 0 saturated heterocycles. The molecule has 2 rings (SSSR count). The molecule has 0 spiro atoms. The normalized spacial score (nSPS) is 18.7. The van der Waals surface area contributed by atoms with Crippen LogP contribution in [0, 0.1) is 0 Å². The Morgan fingerprint density at radius 3 is 2.94 bits per heavy atom. The highest BCUT2D eigenvalue weighted by molar-refractivity contribution is 6.32. The predicted octanol–water partition coefficient (Wildman–Crippen LogP) is 2.88. The van der Waals surface area contributed by atoms with Gasteiger partial charge in [0, 0.05) is 19.3 Å². The third-order valence-electron chi connectivity index (χ3n) is 3.71. The first-order valence-corrected chi connectivity index (χ1v) is 6.78. The minimum atomic E-state index is 0.592. The monoisotopic (exact) mass is 268 g/mol. The number of halogens is 1. The molecule has 1 N–H and O–H groups in total. The fraction of sp³-hybridized carbons (Fsp3) is 0.571. The van der Waals surface area contributed by atoms with Crippen LogP contribution < -0.4 is 15.0 Å². The van der Waals surface area contributed by atoms with E-state index in [1.807, 2.05) is 13.1 Å². The molecular formula is C14H21ClN2O. The van der Waals surface area contributed by atoms with Crippen molar-refractivity contribution in [2.75, 3.05) is 39.2 Å². The van der Waals surface area contributed by atoms with Gasteiger partial charge in [0.1, 0.15) is 5.75 Å². The average molecular weight is 269 g/mol. The molecule has 100 valence electrons. The molecule has 1 aliphatic rings. The average Bonchev–Trinajstić information content (AvgIpc) is 2.38. The fourth-order valence-corrected chi connectivity index (χ4v) is 2.85. The standard InChI is InChI=1S/C14H21ClN2O/c1-16-6-4-10-5-7-17(2)13-9-12(15)14(18-3)8-11(10)13/h8-10,16H,4-7H2,1-3H3. The Bertz CT molecular complexity index is 423. The van der Waals surface area contributed by atoms with Crippen LogP contribution in [-0.4, -0.2) is 34.3 Å². The largest absolute Gasteiger partial charge is 0.495 e. The van der Waals surface area contributed by atoms with Crippen molar-refractivity contribution in [3.63, 3.8) is 0 Å². The topological polar surface area (TPSA) is 24.5 Å². The quantitative estimate of drug-likeness (QED) is 0.909. The number of fused-ring (bicyclic) bond motifs is 1. The summed E-state index contributed by atoms with van der Waals surface area (Å²) in [6, 6.07) is 4.13. The zero-order valence-electron chi connectivity index (χ0n) is 11.3.